The van der Waals surface area contributed by atoms with E-state index in [0.717, 1.165) is 18.9 Å². The molecule has 1 fully saturated rings. The number of furan rings is 1. The van der Waals surface area contributed by atoms with E-state index in [2.05, 4.69) is 90.7 Å². The van der Waals surface area contributed by atoms with Crippen LogP contribution in [0.4, 0.5) is 19.0 Å². The van der Waals surface area contributed by atoms with Crippen molar-refractivity contribution < 1.29 is 31.2 Å². The SMILES string of the molecule is CC(C)[Si](O[C@H]1C[C@H](Nc2ncncc2C(=O)c2cc(Cc3ccc(C(F)(F)F)o3)cs2)C[C@@H]1CO[Si](C)(C)C(C)(C)C)(C(C)C)C(C)C. The van der Waals surface area contributed by atoms with Crippen molar-refractivity contribution in [3.63, 3.8) is 0 Å². The lowest BCUT2D eigenvalue weighted by Crippen LogP contribution is -2.51. The predicted octanol–water partition coefficient (Wildman–Crippen LogP) is 10.7. The highest BCUT2D eigenvalue weighted by atomic mass is 32.1. The summed E-state index contributed by atoms with van der Waals surface area (Å²) in [7, 11) is -4.19. The summed E-state index contributed by atoms with van der Waals surface area (Å²) in [5.41, 5.74) is 2.38. The first-order chi connectivity index (χ1) is 22.7. The molecular weight excluding hydrogens is 684 g/mol. The minimum absolute atomic E-state index is 0.0123. The van der Waals surface area contributed by atoms with Gasteiger partial charge >= 0.3 is 6.18 Å². The van der Waals surface area contributed by atoms with Gasteiger partial charge in [0.15, 0.2) is 8.32 Å². The van der Waals surface area contributed by atoms with Crippen LogP contribution in [0.1, 0.15) is 107 Å². The standard InChI is InChI=1S/C36H54F3N3O4SSi2/c1-22(2)49(23(3)4,24(5)6)46-30-17-27(16-26(30)19-44-48(10,11)35(7,8)9)42-34-29(18-40-21-41-34)33(43)31-15-25(20-47-31)14-28-12-13-32(45-28)36(37,38)39/h12-13,15,18,20-24,26-27,30H,14,16-17,19H2,1-11H3,(H,40,41,42)/t26-,27-,30+/m1/s1. The molecule has 3 atom stereocenters. The molecule has 0 unspecified atom stereocenters. The van der Waals surface area contributed by atoms with Gasteiger partial charge in [-0.1, -0.05) is 62.3 Å². The molecule has 7 nitrogen and oxygen atoms in total. The molecule has 3 aromatic rings. The van der Waals surface area contributed by atoms with Gasteiger partial charge in [0, 0.05) is 31.2 Å². The van der Waals surface area contributed by atoms with E-state index in [-0.39, 0.29) is 41.1 Å². The maximum Gasteiger partial charge on any atom is 0.449 e. The highest BCUT2D eigenvalue weighted by molar-refractivity contribution is 7.12. The van der Waals surface area contributed by atoms with Crippen molar-refractivity contribution in [1.82, 2.24) is 9.97 Å². The molecule has 3 heterocycles. The molecule has 1 N–H and O–H groups in total. The third-order valence-corrected chi connectivity index (χ3v) is 22.3. The first kappa shape index (κ1) is 39.5. The molecule has 1 aliphatic carbocycles. The number of rotatable bonds is 14. The van der Waals surface area contributed by atoms with Gasteiger partial charge in [0.05, 0.1) is 16.5 Å². The number of aromatic nitrogens is 2. The molecule has 0 saturated heterocycles. The second-order valence-corrected chi connectivity index (χ2v) is 27.1. The van der Waals surface area contributed by atoms with E-state index in [4.69, 9.17) is 13.3 Å². The summed E-state index contributed by atoms with van der Waals surface area (Å²) in [6.45, 7) is 25.8. The van der Waals surface area contributed by atoms with Crippen LogP contribution in [0.5, 0.6) is 0 Å². The van der Waals surface area contributed by atoms with E-state index in [9.17, 15) is 18.0 Å². The summed E-state index contributed by atoms with van der Waals surface area (Å²) in [6.07, 6.45) is 0.166. The first-order valence-corrected chi connectivity index (χ1v) is 23.2. The molecule has 3 aromatic heterocycles. The van der Waals surface area contributed by atoms with Crippen LogP contribution in [-0.2, 0) is 21.4 Å². The average molecular weight is 738 g/mol. The molecule has 0 aromatic carbocycles. The zero-order valence-electron chi connectivity index (χ0n) is 30.8. The molecule has 272 valence electrons. The van der Waals surface area contributed by atoms with E-state index in [1.165, 1.54) is 29.9 Å². The fourth-order valence-corrected chi connectivity index (χ4v) is 14.6. The number of carbonyl (C=O) groups excluding carboxylic acids is 1. The largest absolute Gasteiger partial charge is 0.456 e. The topological polar surface area (TPSA) is 86.5 Å². The number of carbonyl (C=O) groups is 1. The Bertz CT molecular complexity index is 1540. The number of ketones is 1. The van der Waals surface area contributed by atoms with Gasteiger partial charge in [-0.2, -0.15) is 13.2 Å². The average Bonchev–Trinajstić information content (AvgIpc) is 3.74. The molecule has 1 aliphatic rings. The Morgan fingerprint density at radius 3 is 2.29 bits per heavy atom. The lowest BCUT2D eigenvalue weighted by molar-refractivity contribution is -0.153. The summed E-state index contributed by atoms with van der Waals surface area (Å²) in [5.74, 6) is -0.450. The Labute approximate surface area is 296 Å². The van der Waals surface area contributed by atoms with Crippen LogP contribution in [0.15, 0.2) is 40.5 Å². The molecule has 0 amide bonds. The third-order valence-electron chi connectivity index (χ3n) is 10.7. The van der Waals surface area contributed by atoms with Crippen LogP contribution in [-0.4, -0.2) is 51.1 Å². The second kappa shape index (κ2) is 15.1. The highest BCUT2D eigenvalue weighted by Gasteiger charge is 2.50. The number of halogens is 3. The molecule has 4 rings (SSSR count). The molecule has 0 radical (unpaired) electrons. The Kier molecular flexibility index (Phi) is 12.2. The highest BCUT2D eigenvalue weighted by Crippen LogP contribution is 2.47. The molecule has 0 aliphatic heterocycles. The summed E-state index contributed by atoms with van der Waals surface area (Å²) in [4.78, 5) is 22.9. The second-order valence-electron chi connectivity index (χ2n) is 16.0. The third kappa shape index (κ3) is 8.95. The van der Waals surface area contributed by atoms with Gasteiger partial charge in [0.1, 0.15) is 17.9 Å². The van der Waals surface area contributed by atoms with Gasteiger partial charge in [-0.25, -0.2) is 9.97 Å². The molecule has 13 heteroatoms. The van der Waals surface area contributed by atoms with Gasteiger partial charge in [-0.15, -0.1) is 11.3 Å². The van der Waals surface area contributed by atoms with Crippen molar-refractivity contribution >= 4 is 39.6 Å². The number of thiophene rings is 1. The maximum absolute atomic E-state index is 13.8. The maximum atomic E-state index is 13.8. The summed E-state index contributed by atoms with van der Waals surface area (Å²) >= 11 is 1.24. The first-order valence-electron chi connectivity index (χ1n) is 17.3. The smallest absolute Gasteiger partial charge is 0.449 e. The van der Waals surface area contributed by atoms with E-state index >= 15 is 0 Å². The number of hydrogen-bond donors (Lipinski definition) is 1. The summed E-state index contributed by atoms with van der Waals surface area (Å²) in [6, 6.07) is 3.94. The van der Waals surface area contributed by atoms with Crippen LogP contribution in [0.25, 0.3) is 0 Å². The fraction of sp³-hybridized carbons (Fsp3) is 0.639. The Balaban J connectivity index is 1.55. The van der Waals surface area contributed by atoms with Crippen molar-refractivity contribution in [3.8, 4) is 0 Å². The van der Waals surface area contributed by atoms with Crippen LogP contribution in [0.2, 0.25) is 34.8 Å². The van der Waals surface area contributed by atoms with Crippen LogP contribution < -0.4 is 5.32 Å². The minimum atomic E-state index is -4.55. The molecule has 0 bridgehead atoms. The number of nitrogens with one attached hydrogen (secondary N) is 1. The lowest BCUT2D eigenvalue weighted by Gasteiger charge is -2.45. The normalized spacial score (nSPS) is 19.4. The predicted molar refractivity (Wildman–Crippen MR) is 196 cm³/mol. The van der Waals surface area contributed by atoms with E-state index in [1.54, 1.807) is 11.4 Å². The number of hydrogen-bond acceptors (Lipinski definition) is 8. The van der Waals surface area contributed by atoms with Crippen molar-refractivity contribution in [2.75, 3.05) is 11.9 Å². The van der Waals surface area contributed by atoms with E-state index in [1.807, 2.05) is 0 Å². The zero-order valence-corrected chi connectivity index (χ0v) is 33.6. The van der Waals surface area contributed by atoms with Crippen molar-refractivity contribution in [3.05, 3.63) is 63.6 Å². The lowest BCUT2D eigenvalue weighted by atomic mass is 10.1. The molecule has 49 heavy (non-hydrogen) atoms. The van der Waals surface area contributed by atoms with Gasteiger partial charge in [-0.05, 0) is 76.7 Å². The minimum Gasteiger partial charge on any atom is -0.456 e. The van der Waals surface area contributed by atoms with Crippen LogP contribution in [0, 0.1) is 5.92 Å². The van der Waals surface area contributed by atoms with Crippen molar-refractivity contribution in [1.29, 1.82) is 0 Å². The quantitative estimate of drug-likeness (QED) is 0.130. The van der Waals surface area contributed by atoms with Gasteiger partial charge in [-0.3, -0.25) is 4.79 Å². The number of nitrogens with zero attached hydrogens (tertiary/aromatic N) is 2. The van der Waals surface area contributed by atoms with Crippen LogP contribution in [0.3, 0.4) is 0 Å². The number of anilines is 1. The van der Waals surface area contributed by atoms with E-state index < -0.39 is 28.6 Å². The Morgan fingerprint density at radius 2 is 1.71 bits per heavy atom. The monoisotopic (exact) mass is 737 g/mol. The Hall–Kier alpha value is -2.33. The summed E-state index contributed by atoms with van der Waals surface area (Å²) in [5, 5.41) is 5.44. The Morgan fingerprint density at radius 1 is 1.06 bits per heavy atom. The van der Waals surface area contributed by atoms with Gasteiger partial charge in [0.2, 0.25) is 19.9 Å². The molecule has 0 spiro atoms. The summed E-state index contributed by atoms with van der Waals surface area (Å²) < 4.78 is 58.2. The molecule has 1 saturated carbocycles. The van der Waals surface area contributed by atoms with Crippen LogP contribution >= 0.6 is 11.3 Å². The zero-order chi connectivity index (χ0) is 36.5. The van der Waals surface area contributed by atoms with Gasteiger partial charge in [0.25, 0.3) is 0 Å². The fourth-order valence-electron chi connectivity index (χ4n) is 7.08. The van der Waals surface area contributed by atoms with Gasteiger partial charge < -0.3 is 18.6 Å². The van der Waals surface area contributed by atoms with Crippen molar-refractivity contribution in [2.45, 2.75) is 135 Å². The van der Waals surface area contributed by atoms with Crippen molar-refractivity contribution in [2.24, 2.45) is 5.92 Å². The molecular formula is C36H54F3N3O4SSi2. The van der Waals surface area contributed by atoms with E-state index in [0.29, 0.717) is 45.1 Å². The number of alkyl halides is 3.